The summed E-state index contributed by atoms with van der Waals surface area (Å²) >= 11 is 0. The third-order valence-corrected chi connectivity index (χ3v) is 3.05. The van der Waals surface area contributed by atoms with Gasteiger partial charge in [-0.1, -0.05) is 12.1 Å². The van der Waals surface area contributed by atoms with Crippen molar-refractivity contribution in [3.8, 4) is 5.75 Å². The average molecular weight is 281 g/mol. The van der Waals surface area contributed by atoms with Crippen molar-refractivity contribution in [1.29, 1.82) is 0 Å². The van der Waals surface area contributed by atoms with E-state index >= 15 is 0 Å². The Hall–Kier alpha value is -1.95. The first kappa shape index (κ1) is 14.5. The summed E-state index contributed by atoms with van der Waals surface area (Å²) in [5.41, 5.74) is 1.82. The maximum Gasteiger partial charge on any atom is 0.387 e. The Morgan fingerprint density at radius 2 is 2.15 bits per heavy atom. The first-order valence-corrected chi connectivity index (χ1v) is 6.39. The van der Waals surface area contributed by atoms with Gasteiger partial charge in [0.2, 0.25) is 0 Å². The van der Waals surface area contributed by atoms with Crippen molar-refractivity contribution < 1.29 is 13.5 Å². The predicted molar refractivity (Wildman–Crippen MR) is 71.9 cm³/mol. The van der Waals surface area contributed by atoms with Crippen LogP contribution in [0.3, 0.4) is 0 Å². The quantitative estimate of drug-likeness (QED) is 0.885. The molecule has 1 unspecified atom stereocenters. The van der Waals surface area contributed by atoms with E-state index in [4.69, 9.17) is 0 Å². The van der Waals surface area contributed by atoms with Crippen molar-refractivity contribution in [2.75, 3.05) is 7.05 Å². The molecular weight excluding hydrogens is 264 g/mol. The van der Waals surface area contributed by atoms with Gasteiger partial charge in [-0.3, -0.25) is 4.68 Å². The lowest BCUT2D eigenvalue weighted by Crippen LogP contribution is -2.21. The number of alkyl halides is 2. The molecule has 0 radical (unpaired) electrons. The molecule has 0 aliphatic carbocycles. The monoisotopic (exact) mass is 281 g/mol. The molecule has 1 atom stereocenters. The molecule has 0 bridgehead atoms. The van der Waals surface area contributed by atoms with E-state index < -0.39 is 6.61 Å². The molecule has 1 heterocycles. The first-order chi connectivity index (χ1) is 9.65. The maximum absolute atomic E-state index is 12.3. The topological polar surface area (TPSA) is 39.1 Å². The van der Waals surface area contributed by atoms with Crippen molar-refractivity contribution in [1.82, 2.24) is 15.1 Å². The van der Waals surface area contributed by atoms with Crippen LogP contribution in [-0.4, -0.2) is 23.4 Å². The van der Waals surface area contributed by atoms with Gasteiger partial charge in [-0.05, 0) is 37.7 Å². The van der Waals surface area contributed by atoms with Crippen LogP contribution in [0, 0.1) is 0 Å². The Kier molecular flexibility index (Phi) is 4.68. The van der Waals surface area contributed by atoms with Gasteiger partial charge >= 0.3 is 6.61 Å². The fraction of sp³-hybridized carbons (Fsp3) is 0.357. The average Bonchev–Trinajstić information content (AvgIpc) is 2.87. The van der Waals surface area contributed by atoms with Crippen LogP contribution in [0.2, 0.25) is 0 Å². The van der Waals surface area contributed by atoms with Gasteiger partial charge in [0, 0.05) is 12.7 Å². The van der Waals surface area contributed by atoms with Gasteiger partial charge in [-0.2, -0.15) is 13.9 Å². The molecule has 6 heteroatoms. The molecule has 1 N–H and O–H groups in total. The highest BCUT2D eigenvalue weighted by Gasteiger charge is 2.17. The Morgan fingerprint density at radius 3 is 2.80 bits per heavy atom. The summed E-state index contributed by atoms with van der Waals surface area (Å²) in [4.78, 5) is 0. The zero-order valence-electron chi connectivity index (χ0n) is 11.4. The molecule has 20 heavy (non-hydrogen) atoms. The molecular formula is C14H17F2N3O. The minimum atomic E-state index is -2.82. The number of benzene rings is 1. The van der Waals surface area contributed by atoms with E-state index in [0.29, 0.717) is 0 Å². The highest BCUT2D eigenvalue weighted by molar-refractivity contribution is 5.34. The fourth-order valence-corrected chi connectivity index (χ4v) is 2.21. The highest BCUT2D eigenvalue weighted by Crippen LogP contribution is 2.25. The third-order valence-electron chi connectivity index (χ3n) is 3.05. The number of nitrogens with one attached hydrogen (secondary N) is 1. The van der Waals surface area contributed by atoms with Crippen molar-refractivity contribution in [3.05, 3.63) is 47.8 Å². The number of aryl methyl sites for hydroxylation is 1. The largest absolute Gasteiger partial charge is 0.435 e. The Balaban J connectivity index is 2.32. The summed E-state index contributed by atoms with van der Waals surface area (Å²) in [7, 11) is 1.82. The molecule has 0 aliphatic heterocycles. The van der Waals surface area contributed by atoms with E-state index in [1.54, 1.807) is 18.3 Å². The van der Waals surface area contributed by atoms with Gasteiger partial charge in [-0.25, -0.2) is 0 Å². The normalized spacial score (nSPS) is 12.7. The van der Waals surface area contributed by atoms with Crippen molar-refractivity contribution in [3.63, 3.8) is 0 Å². The predicted octanol–water partition coefficient (Wildman–Crippen LogP) is 2.81. The van der Waals surface area contributed by atoms with Crippen LogP contribution >= 0.6 is 0 Å². The molecule has 0 saturated carbocycles. The van der Waals surface area contributed by atoms with Crippen LogP contribution in [-0.2, 0) is 6.54 Å². The summed E-state index contributed by atoms with van der Waals surface area (Å²) in [6.07, 6.45) is 1.72. The van der Waals surface area contributed by atoms with Crippen molar-refractivity contribution >= 4 is 0 Å². The highest BCUT2D eigenvalue weighted by atomic mass is 19.3. The van der Waals surface area contributed by atoms with Crippen molar-refractivity contribution in [2.24, 2.45) is 0 Å². The number of halogens is 2. The smallest absolute Gasteiger partial charge is 0.387 e. The summed E-state index contributed by atoms with van der Waals surface area (Å²) in [6, 6.07) is 8.47. The first-order valence-electron chi connectivity index (χ1n) is 6.39. The van der Waals surface area contributed by atoms with Gasteiger partial charge in [0.05, 0.1) is 11.7 Å². The van der Waals surface area contributed by atoms with Gasteiger partial charge in [-0.15, -0.1) is 0 Å². The summed E-state index contributed by atoms with van der Waals surface area (Å²) in [5.74, 6) is 0.153. The van der Waals surface area contributed by atoms with Crippen LogP contribution in [0.15, 0.2) is 36.5 Å². The van der Waals surface area contributed by atoms with Gasteiger partial charge in [0.15, 0.2) is 0 Å². The Labute approximate surface area is 116 Å². The zero-order chi connectivity index (χ0) is 14.5. The van der Waals surface area contributed by atoms with Crippen LogP contribution < -0.4 is 10.1 Å². The van der Waals surface area contributed by atoms with E-state index in [2.05, 4.69) is 15.2 Å². The number of nitrogens with zero attached hydrogens (tertiary/aromatic N) is 2. The number of rotatable bonds is 6. The minimum Gasteiger partial charge on any atom is -0.435 e. The van der Waals surface area contributed by atoms with Crippen LogP contribution in [0.1, 0.15) is 24.2 Å². The summed E-state index contributed by atoms with van der Waals surface area (Å²) in [5, 5.41) is 7.40. The minimum absolute atomic E-state index is 0.126. The molecule has 1 aromatic carbocycles. The lowest BCUT2D eigenvalue weighted by atomic mass is 10.0. The van der Waals surface area contributed by atoms with E-state index in [-0.39, 0.29) is 11.8 Å². The third kappa shape index (κ3) is 3.14. The Bertz CT molecular complexity index is 557. The molecule has 0 saturated heterocycles. The SMILES string of the molecule is CCn1nccc1C(NC)c1cccc(OC(F)F)c1. The van der Waals surface area contributed by atoms with Gasteiger partial charge in [0.25, 0.3) is 0 Å². The summed E-state index contributed by atoms with van der Waals surface area (Å²) < 4.78 is 30.9. The molecule has 2 rings (SSSR count). The molecule has 0 aliphatic rings. The van der Waals surface area contributed by atoms with E-state index in [1.807, 2.05) is 30.8 Å². The molecule has 1 aromatic heterocycles. The standard InChI is InChI=1S/C14H17F2N3O/c1-3-19-12(7-8-18-19)13(17-2)10-5-4-6-11(9-10)20-14(15)16/h4-9,13-14,17H,3H2,1-2H3. The van der Waals surface area contributed by atoms with E-state index in [9.17, 15) is 8.78 Å². The second kappa shape index (κ2) is 6.47. The number of hydrogen-bond donors (Lipinski definition) is 1. The molecule has 0 spiro atoms. The summed E-state index contributed by atoms with van der Waals surface area (Å²) in [6.45, 7) is -0.0766. The van der Waals surface area contributed by atoms with Crippen LogP contribution in [0.5, 0.6) is 5.75 Å². The van der Waals surface area contributed by atoms with Crippen LogP contribution in [0.4, 0.5) is 8.78 Å². The van der Waals surface area contributed by atoms with Gasteiger partial charge in [0.1, 0.15) is 5.75 Å². The fourth-order valence-electron chi connectivity index (χ4n) is 2.21. The van der Waals surface area contributed by atoms with Gasteiger partial charge < -0.3 is 10.1 Å². The molecule has 0 amide bonds. The van der Waals surface area contributed by atoms with E-state index in [1.165, 1.54) is 6.07 Å². The molecule has 0 fully saturated rings. The van der Waals surface area contributed by atoms with E-state index in [0.717, 1.165) is 17.8 Å². The number of ether oxygens (including phenoxy) is 1. The second-order valence-electron chi connectivity index (χ2n) is 4.24. The van der Waals surface area contributed by atoms with Crippen LogP contribution in [0.25, 0.3) is 0 Å². The molecule has 108 valence electrons. The molecule has 2 aromatic rings. The van der Waals surface area contributed by atoms with Crippen molar-refractivity contribution in [2.45, 2.75) is 26.1 Å². The lowest BCUT2D eigenvalue weighted by molar-refractivity contribution is -0.0498. The maximum atomic E-state index is 12.3. The molecule has 4 nitrogen and oxygen atoms in total. The lowest BCUT2D eigenvalue weighted by Gasteiger charge is -2.18. The Morgan fingerprint density at radius 1 is 1.35 bits per heavy atom. The zero-order valence-corrected chi connectivity index (χ0v) is 11.4. The number of hydrogen-bond acceptors (Lipinski definition) is 3. The number of aromatic nitrogens is 2. The second-order valence-corrected chi connectivity index (χ2v) is 4.24.